The molecule has 2 nitrogen and oxygen atoms in total. The smallest absolute Gasteiger partial charge is 0.128 e. The maximum Gasteiger partial charge on any atom is 0.128 e. The molecule has 31 heavy (non-hydrogen) atoms. The number of benzene rings is 3. The number of hydrogen-bond donors (Lipinski definition) is 2. The highest BCUT2D eigenvalue weighted by Crippen LogP contribution is 2.40. The van der Waals surface area contributed by atoms with Crippen molar-refractivity contribution in [2.24, 2.45) is 0 Å². The van der Waals surface area contributed by atoms with Crippen LogP contribution in [0.2, 0.25) is 5.02 Å². The molecule has 3 aromatic rings. The Labute approximate surface area is 195 Å². The summed E-state index contributed by atoms with van der Waals surface area (Å²) < 4.78 is 0. The Balaban J connectivity index is 1.25. The first kappa shape index (κ1) is 21.1. The summed E-state index contributed by atoms with van der Waals surface area (Å²) in [7, 11) is 0. The van der Waals surface area contributed by atoms with Crippen molar-refractivity contribution in [3.63, 3.8) is 0 Å². The number of aryl methyl sites for hydroxylation is 1. The van der Waals surface area contributed by atoms with Crippen molar-refractivity contribution in [2.45, 2.75) is 35.1 Å². The molecule has 0 unspecified atom stereocenters. The molecule has 1 fully saturated rings. The zero-order valence-corrected chi connectivity index (χ0v) is 19.5. The van der Waals surface area contributed by atoms with Crippen LogP contribution < -0.4 is 9.80 Å². The third kappa shape index (κ3) is 5.01. The lowest BCUT2D eigenvalue weighted by atomic mass is 9.96. The summed E-state index contributed by atoms with van der Waals surface area (Å²) in [4.78, 5) is 6.28. The Kier molecular flexibility index (Phi) is 6.66. The second-order valence-corrected chi connectivity index (χ2v) is 10.4. The van der Waals surface area contributed by atoms with Gasteiger partial charge in [-0.05, 0) is 41.8 Å². The molecule has 2 aliphatic heterocycles. The number of hydrogen-bond acceptors (Lipinski definition) is 1. The molecule has 0 aliphatic carbocycles. The van der Waals surface area contributed by atoms with Crippen molar-refractivity contribution in [2.75, 3.05) is 32.7 Å². The number of fused-ring (bicyclic) bond motifs is 2. The number of quaternary nitrogens is 2. The lowest BCUT2D eigenvalue weighted by Gasteiger charge is -2.35. The molecule has 2 aliphatic rings. The summed E-state index contributed by atoms with van der Waals surface area (Å²) in [6.45, 7) is 6.30. The zero-order chi connectivity index (χ0) is 21.0. The highest BCUT2D eigenvalue weighted by atomic mass is 35.5. The summed E-state index contributed by atoms with van der Waals surface area (Å²) >= 11 is 8.37. The summed E-state index contributed by atoms with van der Waals surface area (Å²) in [6, 6.07) is 26.8. The molecule has 2 heterocycles. The summed E-state index contributed by atoms with van der Waals surface area (Å²) in [5, 5.41) is 0.861. The molecule has 4 heteroatoms. The van der Waals surface area contributed by atoms with Crippen LogP contribution in [-0.4, -0.2) is 32.7 Å². The minimum absolute atomic E-state index is 0.496. The van der Waals surface area contributed by atoms with Crippen molar-refractivity contribution in [1.29, 1.82) is 0 Å². The van der Waals surface area contributed by atoms with Crippen LogP contribution in [0.3, 0.4) is 0 Å². The molecule has 0 amide bonds. The average Bonchev–Trinajstić information content (AvgIpc) is 2.97. The largest absolute Gasteiger partial charge is 0.326 e. The molecule has 0 radical (unpaired) electrons. The standard InChI is InChI=1S/C27H29ClN2S/c28-23-12-13-27-24(20-23)25(19-22-10-4-5-11-26(22)31-27)30-17-15-29(16-18-30)14-6-9-21-7-2-1-3-8-21/h1-5,7-8,10-13,20,25H,6,9,14-19H2/p+2/t25-/m1/s1. The van der Waals surface area contributed by atoms with Crippen molar-refractivity contribution < 1.29 is 9.80 Å². The molecular formula is C27H31ClN2S+2. The van der Waals surface area contributed by atoms with Gasteiger partial charge >= 0.3 is 0 Å². The van der Waals surface area contributed by atoms with E-state index in [2.05, 4.69) is 66.7 Å². The fraction of sp³-hybridized carbons (Fsp3) is 0.333. The Morgan fingerprint density at radius 2 is 1.61 bits per heavy atom. The van der Waals surface area contributed by atoms with Crippen molar-refractivity contribution >= 4 is 23.4 Å². The molecule has 1 saturated heterocycles. The topological polar surface area (TPSA) is 8.88 Å². The second-order valence-electron chi connectivity index (χ2n) is 8.90. The number of nitrogens with one attached hydrogen (secondary N) is 2. The predicted molar refractivity (Wildman–Crippen MR) is 129 cm³/mol. The molecule has 0 saturated carbocycles. The lowest BCUT2D eigenvalue weighted by molar-refractivity contribution is -1.03. The van der Waals surface area contributed by atoms with E-state index in [9.17, 15) is 0 Å². The number of piperazine rings is 1. The fourth-order valence-corrected chi connectivity index (χ4v) is 6.48. The van der Waals surface area contributed by atoms with Gasteiger partial charge in [-0.3, -0.25) is 0 Å². The maximum absolute atomic E-state index is 6.45. The van der Waals surface area contributed by atoms with E-state index in [1.54, 1.807) is 9.80 Å². The Morgan fingerprint density at radius 3 is 2.45 bits per heavy atom. The van der Waals surface area contributed by atoms with Gasteiger partial charge in [-0.2, -0.15) is 0 Å². The highest BCUT2D eigenvalue weighted by molar-refractivity contribution is 7.99. The van der Waals surface area contributed by atoms with Crippen LogP contribution in [0.25, 0.3) is 0 Å². The lowest BCUT2D eigenvalue weighted by Crippen LogP contribution is -3.28. The van der Waals surface area contributed by atoms with Gasteiger partial charge in [0.25, 0.3) is 0 Å². The highest BCUT2D eigenvalue weighted by Gasteiger charge is 2.34. The molecular weight excluding hydrogens is 420 g/mol. The number of rotatable bonds is 5. The van der Waals surface area contributed by atoms with E-state index in [4.69, 9.17) is 11.6 Å². The van der Waals surface area contributed by atoms with Gasteiger partial charge in [0, 0.05) is 33.2 Å². The fourth-order valence-electron chi connectivity index (χ4n) is 5.18. The van der Waals surface area contributed by atoms with Crippen LogP contribution in [0.15, 0.2) is 82.6 Å². The van der Waals surface area contributed by atoms with Crippen LogP contribution in [0.1, 0.15) is 29.2 Å². The maximum atomic E-state index is 6.45. The van der Waals surface area contributed by atoms with E-state index in [0.717, 1.165) is 11.4 Å². The Hall–Kier alpha value is -1.78. The first-order chi connectivity index (χ1) is 15.3. The van der Waals surface area contributed by atoms with Gasteiger partial charge < -0.3 is 9.80 Å². The van der Waals surface area contributed by atoms with Crippen molar-refractivity contribution in [1.82, 2.24) is 0 Å². The van der Waals surface area contributed by atoms with Gasteiger partial charge in [-0.1, -0.05) is 71.9 Å². The van der Waals surface area contributed by atoms with E-state index >= 15 is 0 Å². The van der Waals surface area contributed by atoms with E-state index in [1.165, 1.54) is 72.0 Å². The van der Waals surface area contributed by atoms with E-state index in [-0.39, 0.29) is 0 Å². The second kappa shape index (κ2) is 9.79. The Bertz CT molecular complexity index is 1010. The first-order valence-corrected chi connectivity index (χ1v) is 12.7. The third-order valence-corrected chi connectivity index (χ3v) is 8.34. The van der Waals surface area contributed by atoms with E-state index < -0.39 is 0 Å². The van der Waals surface area contributed by atoms with Crippen LogP contribution in [-0.2, 0) is 12.8 Å². The number of halogens is 1. The summed E-state index contributed by atoms with van der Waals surface area (Å²) in [5.41, 5.74) is 4.39. The Morgan fingerprint density at radius 1 is 0.839 bits per heavy atom. The van der Waals surface area contributed by atoms with E-state index in [1.807, 2.05) is 17.8 Å². The van der Waals surface area contributed by atoms with E-state index in [0.29, 0.717) is 6.04 Å². The van der Waals surface area contributed by atoms with Crippen LogP contribution in [0.5, 0.6) is 0 Å². The van der Waals surface area contributed by atoms with Crippen LogP contribution in [0.4, 0.5) is 0 Å². The predicted octanol–water partition coefficient (Wildman–Crippen LogP) is 3.50. The quantitative estimate of drug-likeness (QED) is 0.604. The molecule has 3 aromatic carbocycles. The van der Waals surface area contributed by atoms with Gasteiger partial charge in [0.2, 0.25) is 0 Å². The minimum Gasteiger partial charge on any atom is -0.326 e. The van der Waals surface area contributed by atoms with Gasteiger partial charge in [0.05, 0.1) is 6.54 Å². The van der Waals surface area contributed by atoms with Gasteiger partial charge in [-0.25, -0.2) is 0 Å². The molecule has 1 atom stereocenters. The first-order valence-electron chi connectivity index (χ1n) is 11.5. The zero-order valence-electron chi connectivity index (χ0n) is 17.9. The minimum atomic E-state index is 0.496. The van der Waals surface area contributed by atoms with Crippen molar-refractivity contribution in [3.8, 4) is 0 Å². The third-order valence-electron chi connectivity index (χ3n) is 6.89. The summed E-state index contributed by atoms with van der Waals surface area (Å²) in [5.74, 6) is 0. The molecule has 0 aromatic heterocycles. The molecule has 5 rings (SSSR count). The van der Waals surface area contributed by atoms with Crippen molar-refractivity contribution in [3.05, 3.63) is 94.5 Å². The molecule has 160 valence electrons. The van der Waals surface area contributed by atoms with Crippen LogP contribution in [0, 0.1) is 0 Å². The molecule has 0 spiro atoms. The normalized spacial score (nSPS) is 22.9. The van der Waals surface area contributed by atoms with Gasteiger partial charge in [-0.15, -0.1) is 0 Å². The average molecular weight is 451 g/mol. The summed E-state index contributed by atoms with van der Waals surface area (Å²) in [6.07, 6.45) is 3.58. The monoisotopic (exact) mass is 450 g/mol. The van der Waals surface area contributed by atoms with Crippen LogP contribution >= 0.6 is 23.4 Å². The van der Waals surface area contributed by atoms with Gasteiger partial charge in [0.15, 0.2) is 0 Å². The molecule has 2 N–H and O–H groups in total. The van der Waals surface area contributed by atoms with Gasteiger partial charge in [0.1, 0.15) is 32.2 Å². The SMILES string of the molecule is Clc1ccc2c(c1)[C@H]([NH+]1CC[NH+](CCCc3ccccc3)CC1)Cc1ccccc1S2. The molecule has 0 bridgehead atoms.